The van der Waals surface area contributed by atoms with E-state index in [2.05, 4.69) is 10.3 Å². The minimum absolute atomic E-state index is 0.140. The molecule has 2 aliphatic rings. The zero-order valence-corrected chi connectivity index (χ0v) is 22.2. The summed E-state index contributed by atoms with van der Waals surface area (Å²) in [5.41, 5.74) is 4.18. The number of carbonyl (C=O) groups is 3. The van der Waals surface area contributed by atoms with Crippen LogP contribution in [0.4, 0.5) is 20.6 Å². The number of carbonyl (C=O) groups excluding carboxylic acids is 3. The average molecular weight is 565 g/mol. The van der Waals surface area contributed by atoms with Crippen molar-refractivity contribution in [2.75, 3.05) is 10.2 Å². The van der Waals surface area contributed by atoms with Gasteiger partial charge in [-0.05, 0) is 65.7 Å². The van der Waals surface area contributed by atoms with Crippen LogP contribution >= 0.6 is 11.6 Å². The predicted octanol–water partition coefficient (Wildman–Crippen LogP) is 6.70. The van der Waals surface area contributed by atoms with Crippen molar-refractivity contribution in [2.45, 2.75) is 18.5 Å². The molecule has 9 heteroatoms. The van der Waals surface area contributed by atoms with Gasteiger partial charge in [0.05, 0.1) is 11.3 Å². The molecule has 3 heterocycles. The lowest BCUT2D eigenvalue weighted by Crippen LogP contribution is -2.44. The van der Waals surface area contributed by atoms with Crippen LogP contribution in [0.3, 0.4) is 0 Å². The Kier molecular flexibility index (Phi) is 5.87. The van der Waals surface area contributed by atoms with Crippen molar-refractivity contribution < 1.29 is 18.8 Å². The van der Waals surface area contributed by atoms with E-state index in [0.717, 1.165) is 32.6 Å². The normalized spacial score (nSPS) is 18.0. The number of aromatic amines is 1. The molecule has 2 aliphatic heterocycles. The van der Waals surface area contributed by atoms with Crippen LogP contribution in [-0.4, -0.2) is 33.8 Å². The van der Waals surface area contributed by atoms with Gasteiger partial charge in [-0.1, -0.05) is 54.1 Å². The van der Waals surface area contributed by atoms with Gasteiger partial charge in [0, 0.05) is 33.7 Å². The maximum atomic E-state index is 14.2. The van der Waals surface area contributed by atoms with Gasteiger partial charge < -0.3 is 10.3 Å². The second-order valence-corrected chi connectivity index (χ2v) is 10.5. The van der Waals surface area contributed by atoms with Gasteiger partial charge in [-0.25, -0.2) is 14.1 Å². The molecule has 4 aromatic carbocycles. The number of hydrogen-bond acceptors (Lipinski definition) is 3. The van der Waals surface area contributed by atoms with Crippen molar-refractivity contribution in [1.82, 2.24) is 9.88 Å². The van der Waals surface area contributed by atoms with Gasteiger partial charge >= 0.3 is 6.03 Å². The van der Waals surface area contributed by atoms with E-state index in [4.69, 9.17) is 11.6 Å². The van der Waals surface area contributed by atoms with E-state index in [-0.39, 0.29) is 11.3 Å². The Morgan fingerprint density at radius 3 is 2.49 bits per heavy atom. The Bertz CT molecular complexity index is 1870. The molecule has 1 saturated heterocycles. The Morgan fingerprint density at radius 1 is 0.927 bits per heavy atom. The minimum Gasteiger partial charge on any atom is -0.356 e. The quantitative estimate of drug-likeness (QED) is 0.238. The van der Waals surface area contributed by atoms with Gasteiger partial charge in [0.25, 0.3) is 11.8 Å². The molecule has 41 heavy (non-hydrogen) atoms. The third-order valence-electron chi connectivity index (χ3n) is 7.71. The van der Waals surface area contributed by atoms with E-state index in [0.29, 0.717) is 17.1 Å². The third kappa shape index (κ3) is 4.06. The number of imide groups is 1. The fourth-order valence-electron chi connectivity index (χ4n) is 5.91. The first-order chi connectivity index (χ1) is 19.9. The van der Waals surface area contributed by atoms with E-state index in [1.165, 1.54) is 24.3 Å². The van der Waals surface area contributed by atoms with Gasteiger partial charge in [0.1, 0.15) is 17.9 Å². The lowest BCUT2D eigenvalue weighted by molar-refractivity contribution is -0.120. The second kappa shape index (κ2) is 9.60. The minimum atomic E-state index is -0.786. The molecule has 0 radical (unpaired) electrons. The summed E-state index contributed by atoms with van der Waals surface area (Å²) in [6, 6.07) is 25.0. The summed E-state index contributed by atoms with van der Waals surface area (Å²) in [6.07, 6.45) is 0.321. The van der Waals surface area contributed by atoms with Crippen LogP contribution in [0.2, 0.25) is 5.02 Å². The summed E-state index contributed by atoms with van der Waals surface area (Å²) in [7, 11) is 0. The van der Waals surface area contributed by atoms with Crippen molar-refractivity contribution >= 4 is 51.7 Å². The predicted molar refractivity (Wildman–Crippen MR) is 155 cm³/mol. The molecule has 2 N–H and O–H groups in total. The highest BCUT2D eigenvalue weighted by Gasteiger charge is 2.53. The van der Waals surface area contributed by atoms with E-state index in [9.17, 15) is 18.8 Å². The first-order valence-electron chi connectivity index (χ1n) is 13.1. The highest BCUT2D eigenvalue weighted by atomic mass is 35.5. The van der Waals surface area contributed by atoms with Crippen LogP contribution in [0.5, 0.6) is 0 Å². The van der Waals surface area contributed by atoms with Crippen LogP contribution in [0.25, 0.3) is 10.9 Å². The lowest BCUT2D eigenvalue weighted by atomic mass is 9.89. The van der Waals surface area contributed by atoms with E-state index < -0.39 is 35.7 Å². The molecule has 202 valence electrons. The molecule has 7 rings (SSSR count). The number of benzene rings is 4. The highest BCUT2D eigenvalue weighted by Crippen LogP contribution is 2.45. The van der Waals surface area contributed by atoms with Gasteiger partial charge in [-0.15, -0.1) is 0 Å². The number of nitrogens with one attached hydrogen (secondary N) is 2. The third-order valence-corrected chi connectivity index (χ3v) is 7.94. The van der Waals surface area contributed by atoms with Crippen LogP contribution in [0.15, 0.2) is 97.1 Å². The van der Waals surface area contributed by atoms with Crippen LogP contribution in [-0.2, 0) is 11.2 Å². The fraction of sp³-hybridized carbons (Fsp3) is 0.0938. The molecular weight excluding hydrogens is 543 g/mol. The van der Waals surface area contributed by atoms with Gasteiger partial charge in [-0.3, -0.25) is 14.5 Å². The number of aromatic nitrogens is 1. The number of fused-ring (bicyclic) bond motifs is 4. The smallest absolute Gasteiger partial charge is 0.332 e. The maximum Gasteiger partial charge on any atom is 0.332 e. The number of para-hydroxylation sites is 2. The number of H-pyrrole nitrogens is 1. The van der Waals surface area contributed by atoms with Crippen LogP contribution in [0, 0.1) is 5.82 Å². The Balaban J connectivity index is 1.32. The fourth-order valence-corrected chi connectivity index (χ4v) is 6.11. The summed E-state index contributed by atoms with van der Waals surface area (Å²) in [4.78, 5) is 47.8. The lowest BCUT2D eigenvalue weighted by Gasteiger charge is -2.36. The highest BCUT2D eigenvalue weighted by molar-refractivity contribution is 6.30. The number of amides is 4. The topological polar surface area (TPSA) is 85.5 Å². The zero-order chi connectivity index (χ0) is 28.2. The number of urea groups is 1. The molecule has 1 fully saturated rings. The summed E-state index contributed by atoms with van der Waals surface area (Å²) < 4.78 is 13.4. The number of anilines is 2. The number of rotatable bonds is 4. The summed E-state index contributed by atoms with van der Waals surface area (Å²) in [6.45, 7) is 0. The summed E-state index contributed by atoms with van der Waals surface area (Å²) in [5, 5.41) is 4.23. The Hall–Kier alpha value is -4.95. The Morgan fingerprint density at radius 2 is 1.68 bits per heavy atom. The molecule has 7 nitrogen and oxygen atoms in total. The molecule has 4 amide bonds. The van der Waals surface area contributed by atoms with E-state index in [1.807, 2.05) is 36.4 Å². The molecular formula is C32H22ClFN4O3. The van der Waals surface area contributed by atoms with Gasteiger partial charge in [0.15, 0.2) is 0 Å². The molecule has 2 atom stereocenters. The first kappa shape index (κ1) is 25.0. The van der Waals surface area contributed by atoms with Crippen LogP contribution < -0.4 is 10.2 Å². The molecule has 1 aromatic heterocycles. The van der Waals surface area contributed by atoms with Gasteiger partial charge in [0.2, 0.25) is 0 Å². The molecule has 2 unspecified atom stereocenters. The monoisotopic (exact) mass is 564 g/mol. The SMILES string of the molecule is O=C(Nc1ccc(F)cc1)c1ccccc1N1C(=O)C2Cc3c([nH]c4ccccc34)C(c3cccc(Cl)c3)N2C1=O. The molecule has 0 saturated carbocycles. The average Bonchev–Trinajstić information content (AvgIpc) is 3.47. The Labute approximate surface area is 239 Å². The number of nitrogens with zero attached hydrogens (tertiary/aromatic N) is 2. The van der Waals surface area contributed by atoms with Crippen molar-refractivity contribution in [3.63, 3.8) is 0 Å². The maximum absolute atomic E-state index is 14.2. The standard InChI is InChI=1S/C32H22ClFN4O3/c33-19-7-5-6-18(16-19)29-28-24(22-8-1-3-10-25(22)36-28)17-27-31(40)38(32(41)37(27)29)26-11-4-2-9-23(26)30(39)35-21-14-12-20(34)13-15-21/h1-16,27,29,36H,17H2,(H,35,39). The second-order valence-electron chi connectivity index (χ2n) is 10.1. The molecule has 0 aliphatic carbocycles. The van der Waals surface area contributed by atoms with Crippen LogP contribution in [0.1, 0.15) is 33.2 Å². The number of halogens is 2. The molecule has 0 bridgehead atoms. The van der Waals surface area contributed by atoms with E-state index in [1.54, 1.807) is 41.3 Å². The summed E-state index contributed by atoms with van der Waals surface area (Å²) in [5.74, 6) is -1.37. The molecule has 0 spiro atoms. The summed E-state index contributed by atoms with van der Waals surface area (Å²) >= 11 is 6.38. The number of hydrogen-bond donors (Lipinski definition) is 2. The van der Waals surface area contributed by atoms with E-state index >= 15 is 0 Å². The first-order valence-corrected chi connectivity index (χ1v) is 13.5. The van der Waals surface area contributed by atoms with Crippen molar-refractivity contribution in [2.24, 2.45) is 0 Å². The van der Waals surface area contributed by atoms with Gasteiger partial charge in [-0.2, -0.15) is 0 Å². The van der Waals surface area contributed by atoms with Crippen molar-refractivity contribution in [3.05, 3.63) is 130 Å². The van der Waals surface area contributed by atoms with Crippen molar-refractivity contribution in [3.8, 4) is 0 Å². The molecule has 5 aromatic rings. The van der Waals surface area contributed by atoms with Crippen molar-refractivity contribution in [1.29, 1.82) is 0 Å². The zero-order valence-electron chi connectivity index (χ0n) is 21.5. The largest absolute Gasteiger partial charge is 0.356 e.